The van der Waals surface area contributed by atoms with Gasteiger partial charge in [-0.1, -0.05) is 36.4 Å². The lowest BCUT2D eigenvalue weighted by Crippen LogP contribution is -2.33. The third-order valence-electron chi connectivity index (χ3n) is 6.35. The molecule has 1 amide bonds. The van der Waals surface area contributed by atoms with E-state index < -0.39 is 0 Å². The molecule has 5 rings (SSSR count). The number of benzene rings is 2. The van der Waals surface area contributed by atoms with Crippen molar-refractivity contribution in [2.24, 2.45) is 14.1 Å². The van der Waals surface area contributed by atoms with E-state index in [1.807, 2.05) is 43.1 Å². The zero-order valence-electron chi connectivity index (χ0n) is 18.7. The number of aromatic nitrogens is 4. The number of rotatable bonds is 6. The number of para-hydroxylation sites is 2. The van der Waals surface area contributed by atoms with Crippen molar-refractivity contribution in [3.63, 3.8) is 0 Å². The SMILES string of the molecule is Cc1cc(C(=O)N(CCc2c[nH]c3ccccc23)Cc2cc3ccccc3n2C)nn1C. The van der Waals surface area contributed by atoms with E-state index in [4.69, 9.17) is 0 Å². The molecule has 0 unspecified atom stereocenters. The number of nitrogens with zero attached hydrogens (tertiary/aromatic N) is 4. The molecular weight excluding hydrogens is 398 g/mol. The van der Waals surface area contributed by atoms with Crippen LogP contribution >= 0.6 is 0 Å². The third-order valence-corrected chi connectivity index (χ3v) is 6.35. The van der Waals surface area contributed by atoms with Gasteiger partial charge in [-0.2, -0.15) is 5.10 Å². The van der Waals surface area contributed by atoms with Crippen LogP contribution in [0.3, 0.4) is 0 Å². The first kappa shape index (κ1) is 20.1. The van der Waals surface area contributed by atoms with Crippen molar-refractivity contribution >= 4 is 27.7 Å². The van der Waals surface area contributed by atoms with Gasteiger partial charge in [0.05, 0.1) is 6.54 Å². The summed E-state index contributed by atoms with van der Waals surface area (Å²) in [6.07, 6.45) is 2.82. The number of fused-ring (bicyclic) bond motifs is 2. The Balaban J connectivity index is 1.46. The molecule has 0 atom stereocenters. The maximum absolute atomic E-state index is 13.5. The van der Waals surface area contributed by atoms with E-state index in [0.29, 0.717) is 18.8 Å². The first-order valence-corrected chi connectivity index (χ1v) is 10.9. The average Bonchev–Trinajstić information content (AvgIpc) is 3.47. The van der Waals surface area contributed by atoms with Gasteiger partial charge in [-0.3, -0.25) is 9.48 Å². The molecule has 5 aromatic rings. The Bertz CT molecular complexity index is 1400. The Kier molecular flexibility index (Phi) is 5.05. The highest BCUT2D eigenvalue weighted by molar-refractivity contribution is 5.92. The lowest BCUT2D eigenvalue weighted by molar-refractivity contribution is 0.0735. The van der Waals surface area contributed by atoms with Crippen LogP contribution < -0.4 is 0 Å². The van der Waals surface area contributed by atoms with Crippen LogP contribution in [-0.4, -0.2) is 36.7 Å². The van der Waals surface area contributed by atoms with Gasteiger partial charge in [0.15, 0.2) is 5.69 Å². The molecule has 0 aliphatic carbocycles. The maximum atomic E-state index is 13.5. The van der Waals surface area contributed by atoms with Gasteiger partial charge >= 0.3 is 0 Å². The number of hydrogen-bond donors (Lipinski definition) is 1. The number of amides is 1. The van der Waals surface area contributed by atoms with Crippen LogP contribution in [0.2, 0.25) is 0 Å². The van der Waals surface area contributed by atoms with Gasteiger partial charge in [0.25, 0.3) is 5.91 Å². The maximum Gasteiger partial charge on any atom is 0.274 e. The van der Waals surface area contributed by atoms with Crippen LogP contribution in [0.4, 0.5) is 0 Å². The van der Waals surface area contributed by atoms with E-state index in [-0.39, 0.29) is 5.91 Å². The summed E-state index contributed by atoms with van der Waals surface area (Å²) in [5.41, 5.74) is 6.06. The fourth-order valence-corrected chi connectivity index (χ4v) is 4.37. The predicted molar refractivity (Wildman–Crippen MR) is 128 cm³/mol. The quantitative estimate of drug-likeness (QED) is 0.433. The van der Waals surface area contributed by atoms with Crippen LogP contribution in [0.1, 0.15) is 27.4 Å². The highest BCUT2D eigenvalue weighted by Crippen LogP contribution is 2.22. The normalized spacial score (nSPS) is 11.5. The molecule has 0 saturated heterocycles. The van der Waals surface area contributed by atoms with E-state index in [1.165, 1.54) is 21.9 Å². The summed E-state index contributed by atoms with van der Waals surface area (Å²) in [4.78, 5) is 18.7. The number of nitrogens with one attached hydrogen (secondary N) is 1. The molecule has 32 heavy (non-hydrogen) atoms. The van der Waals surface area contributed by atoms with Crippen LogP contribution in [-0.2, 0) is 27.1 Å². The Morgan fingerprint density at radius 2 is 1.84 bits per heavy atom. The lowest BCUT2D eigenvalue weighted by Gasteiger charge is -2.22. The van der Waals surface area contributed by atoms with E-state index in [1.54, 1.807) is 4.68 Å². The summed E-state index contributed by atoms with van der Waals surface area (Å²) in [7, 11) is 3.93. The van der Waals surface area contributed by atoms with Crippen molar-refractivity contribution in [1.82, 2.24) is 24.2 Å². The van der Waals surface area contributed by atoms with Gasteiger partial charge in [0.1, 0.15) is 0 Å². The minimum Gasteiger partial charge on any atom is -0.361 e. The molecule has 3 heterocycles. The fraction of sp³-hybridized carbons (Fsp3) is 0.231. The Labute approximate surface area is 187 Å². The first-order chi connectivity index (χ1) is 15.5. The molecule has 0 radical (unpaired) electrons. The van der Waals surface area contributed by atoms with Crippen molar-refractivity contribution in [2.45, 2.75) is 19.9 Å². The largest absolute Gasteiger partial charge is 0.361 e. The molecule has 3 aromatic heterocycles. The highest BCUT2D eigenvalue weighted by Gasteiger charge is 2.21. The molecular formula is C26H27N5O. The summed E-state index contributed by atoms with van der Waals surface area (Å²) in [5, 5.41) is 6.83. The zero-order valence-corrected chi connectivity index (χ0v) is 18.7. The van der Waals surface area contributed by atoms with E-state index >= 15 is 0 Å². The zero-order chi connectivity index (χ0) is 22.2. The van der Waals surface area contributed by atoms with Crippen LogP contribution in [0.25, 0.3) is 21.8 Å². The molecule has 0 aliphatic rings. The molecule has 6 nitrogen and oxygen atoms in total. The molecule has 0 bridgehead atoms. The highest BCUT2D eigenvalue weighted by atomic mass is 16.2. The second-order valence-corrected chi connectivity index (χ2v) is 8.38. The molecule has 6 heteroatoms. The molecule has 2 aromatic carbocycles. The monoisotopic (exact) mass is 425 g/mol. The smallest absolute Gasteiger partial charge is 0.274 e. The average molecular weight is 426 g/mol. The fourth-order valence-electron chi connectivity index (χ4n) is 4.37. The van der Waals surface area contributed by atoms with Crippen molar-refractivity contribution < 1.29 is 4.79 Å². The van der Waals surface area contributed by atoms with Gasteiger partial charge in [-0.15, -0.1) is 0 Å². The number of carbonyl (C=O) groups excluding carboxylic acids is 1. The van der Waals surface area contributed by atoms with Crippen LogP contribution in [0, 0.1) is 6.92 Å². The molecule has 162 valence electrons. The van der Waals surface area contributed by atoms with Crippen molar-refractivity contribution in [3.05, 3.63) is 89.5 Å². The van der Waals surface area contributed by atoms with E-state index in [9.17, 15) is 4.79 Å². The molecule has 0 fully saturated rings. The van der Waals surface area contributed by atoms with Gasteiger partial charge in [0, 0.05) is 54.6 Å². The third kappa shape index (κ3) is 3.58. The van der Waals surface area contributed by atoms with Gasteiger partial charge in [-0.25, -0.2) is 0 Å². The topological polar surface area (TPSA) is 58.9 Å². The summed E-state index contributed by atoms with van der Waals surface area (Å²) >= 11 is 0. The Morgan fingerprint density at radius 1 is 1.06 bits per heavy atom. The van der Waals surface area contributed by atoms with E-state index in [0.717, 1.165) is 23.3 Å². The minimum absolute atomic E-state index is 0.0428. The first-order valence-electron chi connectivity index (χ1n) is 10.9. The second kappa shape index (κ2) is 8.04. The van der Waals surface area contributed by atoms with Gasteiger partial charge in [-0.05, 0) is 48.6 Å². The predicted octanol–water partition coefficient (Wildman–Crippen LogP) is 4.59. The molecule has 0 spiro atoms. The Hall–Kier alpha value is -3.80. The van der Waals surface area contributed by atoms with E-state index in [2.05, 4.69) is 64.3 Å². The number of aromatic amines is 1. The molecule has 0 saturated carbocycles. The summed E-state index contributed by atoms with van der Waals surface area (Å²) in [6.45, 7) is 3.10. The van der Waals surface area contributed by atoms with Crippen LogP contribution in [0.5, 0.6) is 0 Å². The summed E-state index contributed by atoms with van der Waals surface area (Å²) < 4.78 is 3.92. The standard InChI is InChI=1S/C26H27N5O/c1-18-14-24(28-30(18)3)26(32)31(13-12-20-16-27-23-10-6-5-9-22(20)23)17-21-15-19-8-4-7-11-25(19)29(21)2/h4-11,14-16,27H,12-13,17H2,1-3H3. The lowest BCUT2D eigenvalue weighted by atomic mass is 10.1. The molecule has 1 N–H and O–H groups in total. The summed E-state index contributed by atoms with van der Waals surface area (Å²) in [5.74, 6) is -0.0428. The van der Waals surface area contributed by atoms with Gasteiger partial charge < -0.3 is 14.5 Å². The van der Waals surface area contributed by atoms with Crippen molar-refractivity contribution in [2.75, 3.05) is 6.54 Å². The Morgan fingerprint density at radius 3 is 2.62 bits per heavy atom. The number of H-pyrrole nitrogens is 1. The summed E-state index contributed by atoms with van der Waals surface area (Å²) in [6, 6.07) is 20.6. The second-order valence-electron chi connectivity index (χ2n) is 8.38. The molecule has 0 aliphatic heterocycles. The van der Waals surface area contributed by atoms with Crippen molar-refractivity contribution in [3.8, 4) is 0 Å². The van der Waals surface area contributed by atoms with Crippen molar-refractivity contribution in [1.29, 1.82) is 0 Å². The number of hydrogen-bond acceptors (Lipinski definition) is 2. The van der Waals surface area contributed by atoms with Crippen LogP contribution in [0.15, 0.2) is 66.9 Å². The number of carbonyl (C=O) groups is 1. The number of aryl methyl sites for hydroxylation is 3. The van der Waals surface area contributed by atoms with Gasteiger partial charge in [0.2, 0.25) is 0 Å². The minimum atomic E-state index is -0.0428.